The minimum absolute atomic E-state index is 0.0725. The van der Waals surface area contributed by atoms with Crippen molar-refractivity contribution in [1.29, 1.82) is 0 Å². The molecule has 1 heterocycles. The highest BCUT2D eigenvalue weighted by molar-refractivity contribution is 9.10. The van der Waals surface area contributed by atoms with Crippen LogP contribution in [0.2, 0.25) is 10.0 Å². The maximum absolute atomic E-state index is 6.23. The second-order valence-electron chi connectivity index (χ2n) is 4.50. The van der Waals surface area contributed by atoms with Crippen LogP contribution in [0.4, 0.5) is 5.82 Å². The number of halogens is 4. The fourth-order valence-corrected chi connectivity index (χ4v) is 2.94. The number of benzene rings is 1. The van der Waals surface area contributed by atoms with Gasteiger partial charge in [-0.05, 0) is 53.0 Å². The molecule has 2 rings (SSSR count). The molecule has 0 aliphatic carbocycles. The molecule has 7 heteroatoms. The van der Waals surface area contributed by atoms with Crippen LogP contribution in [-0.4, -0.2) is 16.2 Å². The first-order valence-electron chi connectivity index (χ1n) is 6.19. The van der Waals surface area contributed by atoms with Gasteiger partial charge in [-0.25, -0.2) is 0 Å². The van der Waals surface area contributed by atoms with Crippen molar-refractivity contribution in [2.75, 3.05) is 5.32 Å². The number of hydrogen-bond donors (Lipinski definition) is 2. The molecule has 0 saturated heterocycles. The molecular weight excluding hydrogens is 396 g/mol. The lowest BCUT2D eigenvalue weighted by Crippen LogP contribution is -2.21. The summed E-state index contributed by atoms with van der Waals surface area (Å²) in [7, 11) is 0. The van der Waals surface area contributed by atoms with Gasteiger partial charge in [0.25, 0.3) is 0 Å². The summed E-state index contributed by atoms with van der Waals surface area (Å²) in [6.45, 7) is 1.83. The third-order valence-corrected chi connectivity index (χ3v) is 4.27. The van der Waals surface area contributed by atoms with E-state index in [0.29, 0.717) is 21.5 Å². The van der Waals surface area contributed by atoms with Crippen LogP contribution in [0, 0.1) is 0 Å². The Labute approximate surface area is 146 Å². The van der Waals surface area contributed by atoms with Crippen molar-refractivity contribution < 1.29 is 0 Å². The molecule has 1 aromatic heterocycles. The number of nitrogens with zero attached hydrogens (tertiary/aromatic N) is 1. The maximum atomic E-state index is 6.23. The molecule has 1 unspecified atom stereocenters. The summed E-state index contributed by atoms with van der Waals surface area (Å²) in [6.07, 6.45) is 4.20. The standard InChI is InChI=1S/C14H13BrCl3N3/c1-8(16)5-9(20-14-11(15)7-19-21-14)6-10-12(17)3-2-4-13(10)18/h2-5,7,9H,6H2,1H3,(H2,19,20,21)/b8-5+. The van der Waals surface area contributed by atoms with Gasteiger partial charge in [0.2, 0.25) is 0 Å². The lowest BCUT2D eigenvalue weighted by atomic mass is 10.1. The van der Waals surface area contributed by atoms with Gasteiger partial charge in [-0.2, -0.15) is 5.10 Å². The molecule has 1 aromatic carbocycles. The summed E-state index contributed by atoms with van der Waals surface area (Å²) in [5, 5.41) is 12.1. The van der Waals surface area contributed by atoms with Crippen molar-refractivity contribution in [2.24, 2.45) is 0 Å². The average molecular weight is 410 g/mol. The van der Waals surface area contributed by atoms with E-state index < -0.39 is 0 Å². The van der Waals surface area contributed by atoms with E-state index in [1.54, 1.807) is 6.20 Å². The fourth-order valence-electron chi connectivity index (χ4n) is 1.93. The van der Waals surface area contributed by atoms with E-state index in [1.165, 1.54) is 0 Å². The Kier molecular flexibility index (Phi) is 5.99. The summed E-state index contributed by atoms with van der Waals surface area (Å²) >= 11 is 21.9. The third kappa shape index (κ3) is 4.65. The van der Waals surface area contributed by atoms with E-state index in [2.05, 4.69) is 31.4 Å². The molecule has 112 valence electrons. The van der Waals surface area contributed by atoms with Gasteiger partial charge in [0.1, 0.15) is 5.82 Å². The van der Waals surface area contributed by atoms with E-state index >= 15 is 0 Å². The summed E-state index contributed by atoms with van der Waals surface area (Å²) in [4.78, 5) is 0. The molecule has 2 N–H and O–H groups in total. The Morgan fingerprint density at radius 1 is 1.43 bits per heavy atom. The van der Waals surface area contributed by atoms with Crippen molar-refractivity contribution in [2.45, 2.75) is 19.4 Å². The van der Waals surface area contributed by atoms with E-state index in [4.69, 9.17) is 34.8 Å². The van der Waals surface area contributed by atoms with Gasteiger partial charge in [-0.15, -0.1) is 0 Å². The van der Waals surface area contributed by atoms with Gasteiger partial charge in [0, 0.05) is 15.1 Å². The second kappa shape index (κ2) is 7.54. The van der Waals surface area contributed by atoms with Crippen molar-refractivity contribution in [1.82, 2.24) is 10.2 Å². The highest BCUT2D eigenvalue weighted by Gasteiger charge is 2.14. The lowest BCUT2D eigenvalue weighted by Gasteiger charge is -2.17. The van der Waals surface area contributed by atoms with Crippen molar-refractivity contribution in [3.8, 4) is 0 Å². The lowest BCUT2D eigenvalue weighted by molar-refractivity contribution is 0.850. The number of hydrogen-bond acceptors (Lipinski definition) is 2. The van der Waals surface area contributed by atoms with Gasteiger partial charge in [0.15, 0.2) is 0 Å². The number of allylic oxidation sites excluding steroid dienone is 1. The number of aromatic amines is 1. The van der Waals surface area contributed by atoms with Crippen LogP contribution >= 0.6 is 50.7 Å². The molecule has 0 spiro atoms. The van der Waals surface area contributed by atoms with E-state index in [1.807, 2.05) is 31.2 Å². The Bertz CT molecular complexity index is 630. The molecule has 0 radical (unpaired) electrons. The van der Waals surface area contributed by atoms with Crippen LogP contribution in [-0.2, 0) is 6.42 Å². The molecule has 0 amide bonds. The Morgan fingerprint density at radius 3 is 2.62 bits per heavy atom. The monoisotopic (exact) mass is 407 g/mol. The average Bonchev–Trinajstić information content (AvgIpc) is 2.79. The van der Waals surface area contributed by atoms with Crippen molar-refractivity contribution >= 4 is 56.6 Å². The number of rotatable bonds is 5. The largest absolute Gasteiger partial charge is 0.363 e. The second-order valence-corrected chi connectivity index (χ2v) is 6.77. The number of aromatic nitrogens is 2. The zero-order chi connectivity index (χ0) is 15.4. The first kappa shape index (κ1) is 16.7. The van der Waals surface area contributed by atoms with Crippen LogP contribution in [0.5, 0.6) is 0 Å². The van der Waals surface area contributed by atoms with Crippen molar-refractivity contribution in [3.05, 3.63) is 55.6 Å². The number of nitrogens with one attached hydrogen (secondary N) is 2. The summed E-state index contributed by atoms with van der Waals surface area (Å²) in [6, 6.07) is 5.40. The molecule has 2 aromatic rings. The first-order chi connectivity index (χ1) is 9.97. The molecule has 3 nitrogen and oxygen atoms in total. The van der Waals surface area contributed by atoms with Crippen LogP contribution in [0.1, 0.15) is 12.5 Å². The van der Waals surface area contributed by atoms with Crippen LogP contribution < -0.4 is 5.32 Å². The van der Waals surface area contributed by atoms with Crippen molar-refractivity contribution in [3.63, 3.8) is 0 Å². The van der Waals surface area contributed by atoms with Gasteiger partial charge < -0.3 is 5.32 Å². The highest BCUT2D eigenvalue weighted by Crippen LogP contribution is 2.27. The van der Waals surface area contributed by atoms with Gasteiger partial charge in [-0.3, -0.25) is 5.10 Å². The summed E-state index contributed by atoms with van der Waals surface area (Å²) < 4.78 is 0.846. The normalized spacial score (nSPS) is 13.3. The van der Waals surface area contributed by atoms with Gasteiger partial charge in [-0.1, -0.05) is 40.9 Å². The molecule has 0 saturated carbocycles. The van der Waals surface area contributed by atoms with Crippen LogP contribution in [0.3, 0.4) is 0 Å². The minimum atomic E-state index is -0.0725. The predicted molar refractivity (Wildman–Crippen MR) is 93.5 cm³/mol. The Hall–Kier alpha value is -0.680. The molecule has 0 aliphatic rings. The fraction of sp³-hybridized carbons (Fsp3) is 0.214. The highest BCUT2D eigenvalue weighted by atomic mass is 79.9. The summed E-state index contributed by atoms with van der Waals surface area (Å²) in [5.41, 5.74) is 0.878. The van der Waals surface area contributed by atoms with Crippen LogP contribution in [0.15, 0.2) is 40.0 Å². The zero-order valence-corrected chi connectivity index (χ0v) is 15.0. The summed E-state index contributed by atoms with van der Waals surface area (Å²) in [5.74, 6) is 0.775. The quantitative estimate of drug-likeness (QED) is 0.670. The number of H-pyrrole nitrogens is 1. The molecule has 0 aliphatic heterocycles. The van der Waals surface area contributed by atoms with E-state index in [9.17, 15) is 0 Å². The minimum Gasteiger partial charge on any atom is -0.363 e. The Morgan fingerprint density at radius 2 is 2.10 bits per heavy atom. The van der Waals surface area contributed by atoms with Gasteiger partial charge in [0.05, 0.1) is 16.7 Å². The topological polar surface area (TPSA) is 40.7 Å². The maximum Gasteiger partial charge on any atom is 0.136 e. The zero-order valence-electron chi connectivity index (χ0n) is 11.1. The first-order valence-corrected chi connectivity index (χ1v) is 8.12. The predicted octanol–water partition coefficient (Wildman–Crippen LogP) is 5.64. The smallest absolute Gasteiger partial charge is 0.136 e. The third-order valence-electron chi connectivity index (χ3n) is 2.84. The molecular formula is C14H13BrCl3N3. The molecule has 0 fully saturated rings. The SMILES string of the molecule is C/C(Cl)=C\C(Cc1c(Cl)cccc1Cl)Nc1[nH]ncc1Br. The Balaban J connectivity index is 2.25. The molecule has 0 bridgehead atoms. The van der Waals surface area contributed by atoms with Gasteiger partial charge >= 0.3 is 0 Å². The number of anilines is 1. The molecule has 21 heavy (non-hydrogen) atoms. The van der Waals surface area contributed by atoms with E-state index in [0.717, 1.165) is 15.9 Å². The van der Waals surface area contributed by atoms with Crippen LogP contribution in [0.25, 0.3) is 0 Å². The molecule has 1 atom stereocenters. The van der Waals surface area contributed by atoms with E-state index in [-0.39, 0.29) is 6.04 Å².